The number of sulfonamides is 1. The number of ether oxygens (including phenoxy) is 1. The predicted octanol–water partition coefficient (Wildman–Crippen LogP) is 1.58. The molecule has 2 heterocycles. The van der Waals surface area contributed by atoms with Crippen molar-refractivity contribution in [2.75, 3.05) is 33.3 Å². The monoisotopic (exact) mass is 462 g/mol. The van der Waals surface area contributed by atoms with Gasteiger partial charge in [-0.3, -0.25) is 4.79 Å². The van der Waals surface area contributed by atoms with Gasteiger partial charge in [-0.25, -0.2) is 23.7 Å². The van der Waals surface area contributed by atoms with Crippen LogP contribution in [-0.4, -0.2) is 62.9 Å². The number of methoxy groups -OCH3 is 1. The van der Waals surface area contributed by atoms with E-state index in [1.54, 1.807) is 12.0 Å². The van der Waals surface area contributed by atoms with Crippen molar-refractivity contribution in [3.05, 3.63) is 59.4 Å². The fraction of sp³-hybridized carbons (Fsp3) is 0.409. The van der Waals surface area contributed by atoms with E-state index in [1.807, 2.05) is 24.3 Å². The van der Waals surface area contributed by atoms with Crippen LogP contribution < -0.4 is 15.6 Å². The van der Waals surface area contributed by atoms with E-state index in [-0.39, 0.29) is 41.5 Å². The minimum absolute atomic E-state index is 0.00163. The number of hydrogen-bond acceptors (Lipinski definition) is 6. The van der Waals surface area contributed by atoms with Gasteiger partial charge in [-0.15, -0.1) is 0 Å². The van der Waals surface area contributed by atoms with Gasteiger partial charge in [0.15, 0.2) is 0 Å². The zero-order chi connectivity index (χ0) is 22.9. The number of rotatable bonds is 5. The van der Waals surface area contributed by atoms with E-state index >= 15 is 0 Å². The Kier molecular flexibility index (Phi) is 6.47. The van der Waals surface area contributed by atoms with Crippen LogP contribution in [0, 0.1) is 12.7 Å². The Hall–Kier alpha value is -2.53. The third-order valence-electron chi connectivity index (χ3n) is 6.04. The van der Waals surface area contributed by atoms with Crippen LogP contribution in [0.15, 0.2) is 47.4 Å². The first-order valence-electron chi connectivity index (χ1n) is 10.5. The van der Waals surface area contributed by atoms with E-state index in [4.69, 9.17) is 4.74 Å². The minimum atomic E-state index is -3.73. The number of aryl methyl sites for hydroxylation is 1. The summed E-state index contributed by atoms with van der Waals surface area (Å²) >= 11 is 0. The maximum absolute atomic E-state index is 13.5. The Morgan fingerprint density at radius 3 is 2.38 bits per heavy atom. The molecule has 172 valence electrons. The first-order valence-corrected chi connectivity index (χ1v) is 11.9. The molecule has 10 heteroatoms. The third kappa shape index (κ3) is 4.49. The van der Waals surface area contributed by atoms with Crippen LogP contribution in [0.4, 0.5) is 4.39 Å². The number of piperazine rings is 1. The average molecular weight is 463 g/mol. The second kappa shape index (κ2) is 9.14. The van der Waals surface area contributed by atoms with Gasteiger partial charge in [0.25, 0.3) is 0 Å². The molecule has 2 aliphatic rings. The van der Waals surface area contributed by atoms with Gasteiger partial charge in [-0.1, -0.05) is 12.1 Å². The Labute approximate surface area is 187 Å². The maximum atomic E-state index is 13.5. The molecule has 2 atom stereocenters. The Balaban J connectivity index is 1.34. The molecule has 0 radical (unpaired) electrons. The van der Waals surface area contributed by atoms with E-state index in [0.717, 1.165) is 11.3 Å². The molecule has 2 aromatic carbocycles. The molecule has 0 aromatic heterocycles. The van der Waals surface area contributed by atoms with Gasteiger partial charge < -0.3 is 9.64 Å². The Morgan fingerprint density at radius 1 is 1.06 bits per heavy atom. The lowest BCUT2D eigenvalue weighted by molar-refractivity contribution is -0.134. The number of nitrogens with zero attached hydrogens (tertiary/aromatic N) is 2. The highest BCUT2D eigenvalue weighted by atomic mass is 32.2. The van der Waals surface area contributed by atoms with Crippen molar-refractivity contribution in [3.63, 3.8) is 0 Å². The number of nitrogens with one attached hydrogen (secondary N) is 2. The molecule has 4 rings (SSSR count). The minimum Gasteiger partial charge on any atom is -0.497 e. The van der Waals surface area contributed by atoms with Crippen LogP contribution in [0.1, 0.15) is 23.6 Å². The average Bonchev–Trinajstić information content (AvgIpc) is 3.31. The third-order valence-corrected chi connectivity index (χ3v) is 7.93. The lowest BCUT2D eigenvalue weighted by Gasteiger charge is -2.35. The molecule has 0 saturated carbocycles. The van der Waals surface area contributed by atoms with Crippen LogP contribution in [0.2, 0.25) is 0 Å². The number of hydrogen-bond donors (Lipinski definition) is 2. The summed E-state index contributed by atoms with van der Waals surface area (Å²) in [4.78, 5) is 14.7. The maximum Gasteiger partial charge on any atom is 0.243 e. The summed E-state index contributed by atoms with van der Waals surface area (Å²) in [6.45, 7) is 2.55. The summed E-state index contributed by atoms with van der Waals surface area (Å²) in [5, 5.41) is 0. The SMILES string of the molecule is COc1ccc(C2CC(C(=O)N3CCN(S(=O)(=O)c4ccc(F)c(C)c4)CC3)NN2)cc1. The fourth-order valence-electron chi connectivity index (χ4n) is 4.07. The molecular weight excluding hydrogens is 435 g/mol. The van der Waals surface area contributed by atoms with Crippen molar-refractivity contribution >= 4 is 15.9 Å². The first-order chi connectivity index (χ1) is 15.3. The highest BCUT2D eigenvalue weighted by Gasteiger charge is 2.36. The first kappa shape index (κ1) is 22.7. The summed E-state index contributed by atoms with van der Waals surface area (Å²) in [6, 6.07) is 11.1. The van der Waals surface area contributed by atoms with Crippen LogP contribution in [0.25, 0.3) is 0 Å². The molecule has 0 spiro atoms. The van der Waals surface area contributed by atoms with Gasteiger partial charge in [0.05, 0.1) is 12.0 Å². The number of benzene rings is 2. The van der Waals surface area contributed by atoms with Crippen molar-refractivity contribution in [2.24, 2.45) is 0 Å². The second-order valence-electron chi connectivity index (χ2n) is 8.04. The highest BCUT2D eigenvalue weighted by Crippen LogP contribution is 2.26. The summed E-state index contributed by atoms with van der Waals surface area (Å²) in [7, 11) is -2.11. The van der Waals surface area contributed by atoms with Crippen molar-refractivity contribution in [1.82, 2.24) is 20.1 Å². The summed E-state index contributed by atoms with van der Waals surface area (Å²) in [5.74, 6) is 0.282. The van der Waals surface area contributed by atoms with Gasteiger partial charge >= 0.3 is 0 Å². The zero-order valence-corrected chi connectivity index (χ0v) is 18.9. The lowest BCUT2D eigenvalue weighted by Crippen LogP contribution is -2.54. The van der Waals surface area contributed by atoms with E-state index in [1.165, 1.54) is 29.4 Å². The number of halogens is 1. The molecule has 2 aromatic rings. The van der Waals surface area contributed by atoms with Crippen molar-refractivity contribution in [2.45, 2.75) is 30.3 Å². The molecular formula is C22H27FN4O4S. The van der Waals surface area contributed by atoms with Gasteiger partial charge in [-0.2, -0.15) is 4.31 Å². The van der Waals surface area contributed by atoms with Gasteiger partial charge in [-0.05, 0) is 54.8 Å². The number of carbonyl (C=O) groups is 1. The molecule has 32 heavy (non-hydrogen) atoms. The largest absolute Gasteiger partial charge is 0.497 e. The van der Waals surface area contributed by atoms with E-state index in [2.05, 4.69) is 10.9 Å². The second-order valence-corrected chi connectivity index (χ2v) is 9.98. The number of amides is 1. The fourth-order valence-corrected chi connectivity index (χ4v) is 5.58. The van der Waals surface area contributed by atoms with E-state index < -0.39 is 15.8 Å². The highest BCUT2D eigenvalue weighted by molar-refractivity contribution is 7.89. The predicted molar refractivity (Wildman–Crippen MR) is 117 cm³/mol. The standard InChI is InChI=1S/C22H27FN4O4S/c1-15-13-18(7-8-19(15)23)32(29,30)27-11-9-26(10-12-27)22(28)21-14-20(24-25-21)16-3-5-17(31-2)6-4-16/h3-8,13,20-21,24-25H,9-12,14H2,1-2H3. The summed E-state index contributed by atoms with van der Waals surface area (Å²) in [6.07, 6.45) is 0.596. The van der Waals surface area contributed by atoms with E-state index in [9.17, 15) is 17.6 Å². The smallest absolute Gasteiger partial charge is 0.243 e. The number of carbonyl (C=O) groups excluding carboxylic acids is 1. The molecule has 2 saturated heterocycles. The van der Waals surface area contributed by atoms with Crippen molar-refractivity contribution in [3.8, 4) is 5.75 Å². The Morgan fingerprint density at radius 2 is 1.75 bits per heavy atom. The molecule has 2 unspecified atom stereocenters. The van der Waals surface area contributed by atoms with Crippen molar-refractivity contribution < 1.29 is 22.3 Å². The van der Waals surface area contributed by atoms with Gasteiger partial charge in [0.2, 0.25) is 15.9 Å². The van der Waals surface area contributed by atoms with Gasteiger partial charge in [0, 0.05) is 32.2 Å². The molecule has 2 fully saturated rings. The summed E-state index contributed by atoms with van der Waals surface area (Å²) < 4.78 is 45.8. The molecule has 0 aliphatic carbocycles. The molecule has 8 nitrogen and oxygen atoms in total. The summed E-state index contributed by atoms with van der Waals surface area (Å²) in [5.41, 5.74) is 7.58. The number of hydrazine groups is 1. The van der Waals surface area contributed by atoms with E-state index in [0.29, 0.717) is 19.5 Å². The quantitative estimate of drug-likeness (QED) is 0.701. The molecule has 2 N–H and O–H groups in total. The van der Waals surface area contributed by atoms with Crippen molar-refractivity contribution in [1.29, 1.82) is 0 Å². The normalized spacial score (nSPS) is 22.2. The molecule has 0 bridgehead atoms. The van der Waals surface area contributed by atoms with Crippen LogP contribution >= 0.6 is 0 Å². The van der Waals surface area contributed by atoms with Crippen LogP contribution in [0.3, 0.4) is 0 Å². The topological polar surface area (TPSA) is 91.0 Å². The van der Waals surface area contributed by atoms with Crippen LogP contribution in [0.5, 0.6) is 5.75 Å². The zero-order valence-electron chi connectivity index (χ0n) is 18.0. The van der Waals surface area contributed by atoms with Gasteiger partial charge in [0.1, 0.15) is 17.6 Å². The Bertz CT molecular complexity index is 1090. The lowest BCUT2D eigenvalue weighted by atomic mass is 10.0. The molecule has 1 amide bonds. The molecule has 2 aliphatic heterocycles. The van der Waals surface area contributed by atoms with Crippen LogP contribution in [-0.2, 0) is 14.8 Å².